The van der Waals surface area contributed by atoms with Crippen LogP contribution in [-0.4, -0.2) is 47.8 Å². The zero-order chi connectivity index (χ0) is 13.6. The average Bonchev–Trinajstić information content (AvgIpc) is 2.85. The zero-order valence-corrected chi connectivity index (χ0v) is 11.9. The Morgan fingerprint density at radius 1 is 1.44 bits per heavy atom. The van der Waals surface area contributed by atoms with E-state index in [-0.39, 0.29) is 0 Å². The van der Waals surface area contributed by atoms with Crippen LogP contribution in [0.5, 0.6) is 0 Å². The number of hydrogen-bond donors (Lipinski definition) is 0. The van der Waals surface area contributed by atoms with E-state index in [2.05, 4.69) is 10.1 Å². The highest BCUT2D eigenvalue weighted by Crippen LogP contribution is 2.39. The first kappa shape index (κ1) is 13.4. The van der Waals surface area contributed by atoms with Crippen molar-refractivity contribution >= 4 is 10.2 Å². The lowest BCUT2D eigenvalue weighted by Gasteiger charge is -2.32. The van der Waals surface area contributed by atoms with E-state index in [9.17, 15) is 8.42 Å². The first-order chi connectivity index (χ1) is 8.28. The summed E-state index contributed by atoms with van der Waals surface area (Å²) >= 11 is 0. The third-order valence-corrected chi connectivity index (χ3v) is 5.37. The van der Waals surface area contributed by atoms with Gasteiger partial charge in [0.1, 0.15) is 5.54 Å². The van der Waals surface area contributed by atoms with Crippen molar-refractivity contribution < 1.29 is 12.9 Å². The topological polar surface area (TPSA) is 79.5 Å². The van der Waals surface area contributed by atoms with Gasteiger partial charge in [0.25, 0.3) is 10.2 Å². The fraction of sp³-hybridized carbons (Fsp3) is 0.800. The molecule has 0 aliphatic carbocycles. The lowest BCUT2D eigenvalue weighted by atomic mass is 10.0. The molecule has 0 bridgehead atoms. The summed E-state index contributed by atoms with van der Waals surface area (Å²) in [4.78, 5) is 4.19. The second-order valence-electron chi connectivity index (χ2n) is 4.89. The lowest BCUT2D eigenvalue weighted by Crippen LogP contribution is -2.48. The van der Waals surface area contributed by atoms with Gasteiger partial charge in [-0.2, -0.15) is 22.0 Å². The molecule has 7 nitrogen and oxygen atoms in total. The normalized spacial score (nSPS) is 26.1. The van der Waals surface area contributed by atoms with Crippen molar-refractivity contribution in [1.29, 1.82) is 0 Å². The summed E-state index contributed by atoms with van der Waals surface area (Å²) in [5, 5.41) is 3.75. The predicted octanol–water partition coefficient (Wildman–Crippen LogP) is 0.495. The van der Waals surface area contributed by atoms with Crippen molar-refractivity contribution in [3.63, 3.8) is 0 Å². The Kier molecular flexibility index (Phi) is 3.20. The third-order valence-electron chi connectivity index (χ3n) is 3.30. The Morgan fingerprint density at radius 2 is 2.11 bits per heavy atom. The number of hydrogen-bond acceptors (Lipinski definition) is 5. The van der Waals surface area contributed by atoms with Crippen LogP contribution >= 0.6 is 0 Å². The van der Waals surface area contributed by atoms with E-state index < -0.39 is 15.7 Å². The number of rotatable bonds is 3. The highest BCUT2D eigenvalue weighted by molar-refractivity contribution is 7.86. The molecule has 102 valence electrons. The fourth-order valence-corrected chi connectivity index (χ4v) is 3.67. The molecule has 0 aromatic carbocycles. The number of aryl methyl sites for hydroxylation is 1. The first-order valence-corrected chi connectivity index (χ1v) is 7.19. The van der Waals surface area contributed by atoms with Gasteiger partial charge in [-0.25, -0.2) is 0 Å². The van der Waals surface area contributed by atoms with Crippen molar-refractivity contribution in [2.24, 2.45) is 0 Å². The van der Waals surface area contributed by atoms with Crippen molar-refractivity contribution in [3.8, 4) is 0 Å². The summed E-state index contributed by atoms with van der Waals surface area (Å²) in [5.41, 5.74) is -0.746. The van der Waals surface area contributed by atoms with E-state index in [0.29, 0.717) is 24.7 Å². The molecule has 1 fully saturated rings. The largest absolute Gasteiger partial charge is 0.337 e. The molecule has 2 rings (SSSR count). The molecule has 1 atom stereocenters. The maximum Gasteiger partial charge on any atom is 0.282 e. The molecule has 8 heteroatoms. The van der Waals surface area contributed by atoms with E-state index in [1.165, 1.54) is 22.7 Å². The van der Waals surface area contributed by atoms with Gasteiger partial charge in [-0.3, -0.25) is 0 Å². The smallest absolute Gasteiger partial charge is 0.282 e. The minimum Gasteiger partial charge on any atom is -0.337 e. The third kappa shape index (κ3) is 1.94. The quantitative estimate of drug-likeness (QED) is 0.801. The Balaban J connectivity index is 2.44. The van der Waals surface area contributed by atoms with Gasteiger partial charge in [-0.15, -0.1) is 0 Å². The SMILES string of the molecule is Cc1noc(C2(C)CCCN2S(=O)(=O)N(C)C)n1. The molecule has 1 aromatic heterocycles. The molecule has 0 amide bonds. The van der Waals surface area contributed by atoms with E-state index in [0.717, 1.165) is 6.42 Å². The van der Waals surface area contributed by atoms with E-state index in [1.807, 2.05) is 6.92 Å². The van der Waals surface area contributed by atoms with Gasteiger partial charge in [0.05, 0.1) is 0 Å². The zero-order valence-electron chi connectivity index (χ0n) is 11.0. The van der Waals surface area contributed by atoms with Crippen molar-refractivity contribution in [3.05, 3.63) is 11.7 Å². The van der Waals surface area contributed by atoms with Gasteiger partial charge >= 0.3 is 0 Å². The molecule has 1 aliphatic rings. The van der Waals surface area contributed by atoms with Gasteiger partial charge in [-0.05, 0) is 26.7 Å². The van der Waals surface area contributed by atoms with Crippen molar-refractivity contribution in [1.82, 2.24) is 18.8 Å². The van der Waals surface area contributed by atoms with Gasteiger partial charge < -0.3 is 4.52 Å². The molecule has 1 unspecified atom stereocenters. The molecule has 1 saturated heterocycles. The summed E-state index contributed by atoms with van der Waals surface area (Å²) in [7, 11) is -0.442. The highest BCUT2D eigenvalue weighted by atomic mass is 32.2. The molecular formula is C10H18N4O3S. The van der Waals surface area contributed by atoms with Gasteiger partial charge in [0, 0.05) is 20.6 Å². The van der Waals surface area contributed by atoms with E-state index in [1.54, 1.807) is 6.92 Å². The van der Waals surface area contributed by atoms with Gasteiger partial charge in [-0.1, -0.05) is 5.16 Å². The van der Waals surface area contributed by atoms with Crippen LogP contribution in [0, 0.1) is 6.92 Å². The second-order valence-corrected chi connectivity index (χ2v) is 6.95. The Bertz CT molecular complexity index is 539. The fourth-order valence-electron chi connectivity index (χ4n) is 2.23. The summed E-state index contributed by atoms with van der Waals surface area (Å²) in [6.45, 7) is 4.02. The second kappa shape index (κ2) is 4.29. The highest BCUT2D eigenvalue weighted by Gasteiger charge is 2.49. The standard InChI is InChI=1S/C10H18N4O3S/c1-8-11-9(17-12-8)10(2)6-5-7-14(10)18(15,16)13(3)4/h5-7H2,1-4H3. The van der Waals surface area contributed by atoms with Crippen LogP contribution in [0.1, 0.15) is 31.5 Å². The van der Waals surface area contributed by atoms with Gasteiger partial charge in [0.15, 0.2) is 5.82 Å². The van der Waals surface area contributed by atoms with Crippen LogP contribution in [0.3, 0.4) is 0 Å². The maximum absolute atomic E-state index is 12.3. The minimum absolute atomic E-state index is 0.364. The minimum atomic E-state index is -3.48. The molecule has 0 radical (unpaired) electrons. The molecule has 0 N–H and O–H groups in total. The van der Waals surface area contributed by atoms with Crippen LogP contribution in [0.25, 0.3) is 0 Å². The van der Waals surface area contributed by atoms with Crippen LogP contribution in [-0.2, 0) is 15.7 Å². The van der Waals surface area contributed by atoms with Gasteiger partial charge in [0.2, 0.25) is 5.89 Å². The number of aromatic nitrogens is 2. The summed E-state index contributed by atoms with van der Waals surface area (Å²) in [6.07, 6.45) is 1.46. The molecule has 1 aromatic rings. The molecular weight excluding hydrogens is 256 g/mol. The van der Waals surface area contributed by atoms with Crippen LogP contribution in [0.2, 0.25) is 0 Å². The first-order valence-electron chi connectivity index (χ1n) is 5.79. The molecule has 0 spiro atoms. The van der Waals surface area contributed by atoms with Crippen molar-refractivity contribution in [2.75, 3.05) is 20.6 Å². The van der Waals surface area contributed by atoms with E-state index in [4.69, 9.17) is 4.52 Å². The maximum atomic E-state index is 12.3. The summed E-state index contributed by atoms with van der Waals surface area (Å²) < 4.78 is 32.4. The Morgan fingerprint density at radius 3 is 2.61 bits per heavy atom. The molecule has 1 aliphatic heterocycles. The Hall–Kier alpha value is -0.990. The molecule has 2 heterocycles. The summed E-state index contributed by atoms with van der Waals surface area (Å²) in [6, 6.07) is 0. The average molecular weight is 274 g/mol. The van der Waals surface area contributed by atoms with Crippen LogP contribution in [0.4, 0.5) is 0 Å². The van der Waals surface area contributed by atoms with Crippen molar-refractivity contribution in [2.45, 2.75) is 32.2 Å². The molecule has 18 heavy (non-hydrogen) atoms. The predicted molar refractivity (Wildman–Crippen MR) is 64.9 cm³/mol. The van der Waals surface area contributed by atoms with Crippen LogP contribution in [0.15, 0.2) is 4.52 Å². The lowest BCUT2D eigenvalue weighted by molar-refractivity contribution is 0.187. The molecule has 0 saturated carbocycles. The Labute approximate surface area is 107 Å². The van der Waals surface area contributed by atoms with E-state index >= 15 is 0 Å². The van der Waals surface area contributed by atoms with Crippen LogP contribution < -0.4 is 0 Å². The monoisotopic (exact) mass is 274 g/mol. The number of nitrogens with zero attached hydrogens (tertiary/aromatic N) is 4. The summed E-state index contributed by atoms with van der Waals surface area (Å²) in [5.74, 6) is 0.878.